The minimum Gasteiger partial charge on any atom is -0.253 e. The van der Waals surface area contributed by atoms with Gasteiger partial charge in [-0.05, 0) is 61.1 Å². The molecule has 102 valence electrons. The molecule has 0 radical (unpaired) electrons. The molecule has 2 aliphatic carbocycles. The molecule has 1 atom stereocenters. The molecule has 0 saturated heterocycles. The Balaban J connectivity index is 1.91. The number of aromatic nitrogens is 1. The second-order valence-corrected chi connectivity index (χ2v) is 6.62. The Bertz CT molecular complexity index is 611. The van der Waals surface area contributed by atoms with E-state index in [4.69, 9.17) is 4.98 Å². The predicted octanol–water partition coefficient (Wildman–Crippen LogP) is 4.68. The molecule has 1 aromatic heterocycles. The average Bonchev–Trinajstić information content (AvgIpc) is 2.48. The molecule has 1 heterocycles. The summed E-state index contributed by atoms with van der Waals surface area (Å²) in [5.74, 6) is 0. The van der Waals surface area contributed by atoms with Gasteiger partial charge in [-0.15, -0.1) is 0 Å². The quantitative estimate of drug-likeness (QED) is 0.728. The van der Waals surface area contributed by atoms with Gasteiger partial charge in [0.1, 0.15) is 0 Å². The van der Waals surface area contributed by atoms with Gasteiger partial charge in [0, 0.05) is 11.3 Å². The van der Waals surface area contributed by atoms with Crippen LogP contribution in [-0.4, -0.2) is 4.98 Å². The van der Waals surface area contributed by atoms with E-state index in [2.05, 4.69) is 43.3 Å². The van der Waals surface area contributed by atoms with E-state index >= 15 is 0 Å². The molecular formula is C19H21N. The fourth-order valence-electron chi connectivity index (χ4n) is 4.22. The zero-order valence-electron chi connectivity index (χ0n) is 12.2. The fraction of sp³-hybridized carbons (Fsp3) is 0.421. The Morgan fingerprint density at radius 1 is 1.00 bits per heavy atom. The maximum atomic E-state index is 5.02. The van der Waals surface area contributed by atoms with Gasteiger partial charge in [-0.25, -0.2) is 0 Å². The van der Waals surface area contributed by atoms with Crippen molar-refractivity contribution in [1.82, 2.24) is 4.98 Å². The molecule has 0 fully saturated rings. The first-order valence-electron chi connectivity index (χ1n) is 7.85. The lowest BCUT2D eigenvalue weighted by atomic mass is 9.65. The van der Waals surface area contributed by atoms with E-state index in [9.17, 15) is 0 Å². The van der Waals surface area contributed by atoms with Crippen LogP contribution < -0.4 is 0 Å². The molecule has 2 aliphatic rings. The monoisotopic (exact) mass is 263 g/mol. The van der Waals surface area contributed by atoms with Gasteiger partial charge >= 0.3 is 0 Å². The van der Waals surface area contributed by atoms with E-state index in [1.807, 2.05) is 0 Å². The maximum Gasteiger partial charge on any atom is 0.0708 e. The van der Waals surface area contributed by atoms with Crippen LogP contribution in [0.1, 0.15) is 49.4 Å². The zero-order chi connectivity index (χ0) is 13.6. The minimum absolute atomic E-state index is 0.406. The SMILES string of the molecule is CC12CCCc3cc(-c4ccccc4)nc(c31)CCC2. The van der Waals surface area contributed by atoms with Crippen LogP contribution in [0.15, 0.2) is 36.4 Å². The summed E-state index contributed by atoms with van der Waals surface area (Å²) in [6.45, 7) is 2.46. The summed E-state index contributed by atoms with van der Waals surface area (Å²) < 4.78 is 0. The second-order valence-electron chi connectivity index (χ2n) is 6.62. The minimum atomic E-state index is 0.406. The van der Waals surface area contributed by atoms with E-state index in [-0.39, 0.29) is 0 Å². The van der Waals surface area contributed by atoms with Crippen LogP contribution in [-0.2, 0) is 18.3 Å². The van der Waals surface area contributed by atoms with Crippen molar-refractivity contribution in [2.75, 3.05) is 0 Å². The molecule has 4 rings (SSSR count). The highest BCUT2D eigenvalue weighted by Crippen LogP contribution is 2.46. The van der Waals surface area contributed by atoms with Crippen LogP contribution in [0.4, 0.5) is 0 Å². The Morgan fingerprint density at radius 3 is 2.55 bits per heavy atom. The van der Waals surface area contributed by atoms with Gasteiger partial charge in [0.2, 0.25) is 0 Å². The molecule has 1 aromatic carbocycles. The lowest BCUT2D eigenvalue weighted by Gasteiger charge is -2.40. The van der Waals surface area contributed by atoms with Gasteiger partial charge < -0.3 is 0 Å². The smallest absolute Gasteiger partial charge is 0.0708 e. The number of rotatable bonds is 1. The summed E-state index contributed by atoms with van der Waals surface area (Å²) in [6, 6.07) is 13.0. The second kappa shape index (κ2) is 4.44. The summed E-state index contributed by atoms with van der Waals surface area (Å²) in [5.41, 5.74) is 7.39. The first kappa shape index (κ1) is 12.1. The normalized spacial score (nSPS) is 24.2. The standard InChI is InChI=1S/C19H21N/c1-19-11-5-9-15-13-17(14-7-3-2-4-8-14)20-16(18(15)19)10-6-12-19/h2-4,7-8,13H,5-6,9-12H2,1H3. The summed E-state index contributed by atoms with van der Waals surface area (Å²) in [5, 5.41) is 0. The molecule has 0 aliphatic heterocycles. The molecular weight excluding hydrogens is 242 g/mol. The molecule has 0 amide bonds. The molecule has 1 heteroatoms. The number of aryl methyl sites for hydroxylation is 2. The van der Waals surface area contributed by atoms with Crippen molar-refractivity contribution in [1.29, 1.82) is 0 Å². The maximum absolute atomic E-state index is 5.02. The lowest BCUT2D eigenvalue weighted by Crippen LogP contribution is -2.33. The van der Waals surface area contributed by atoms with E-state index in [1.165, 1.54) is 55.5 Å². The van der Waals surface area contributed by atoms with Crippen LogP contribution in [0.25, 0.3) is 11.3 Å². The number of pyridine rings is 1. The van der Waals surface area contributed by atoms with Crippen LogP contribution in [0.5, 0.6) is 0 Å². The number of hydrogen-bond acceptors (Lipinski definition) is 1. The van der Waals surface area contributed by atoms with Gasteiger partial charge in [0.05, 0.1) is 5.69 Å². The molecule has 0 bridgehead atoms. The van der Waals surface area contributed by atoms with E-state index < -0.39 is 0 Å². The average molecular weight is 263 g/mol. The Hall–Kier alpha value is -1.63. The number of nitrogens with zero attached hydrogens (tertiary/aromatic N) is 1. The molecule has 2 aromatic rings. The van der Waals surface area contributed by atoms with Crippen molar-refractivity contribution >= 4 is 0 Å². The zero-order valence-corrected chi connectivity index (χ0v) is 12.2. The Labute approximate surface area is 121 Å². The summed E-state index contributed by atoms with van der Waals surface area (Å²) in [7, 11) is 0. The highest BCUT2D eigenvalue weighted by molar-refractivity contribution is 5.62. The first-order chi connectivity index (χ1) is 9.76. The third kappa shape index (κ3) is 1.80. The van der Waals surface area contributed by atoms with Crippen molar-refractivity contribution < 1.29 is 0 Å². The van der Waals surface area contributed by atoms with Gasteiger partial charge in [-0.1, -0.05) is 37.3 Å². The van der Waals surface area contributed by atoms with Crippen LogP contribution >= 0.6 is 0 Å². The van der Waals surface area contributed by atoms with Crippen LogP contribution in [0, 0.1) is 0 Å². The molecule has 0 saturated carbocycles. The van der Waals surface area contributed by atoms with Crippen molar-refractivity contribution in [2.45, 2.75) is 50.9 Å². The molecule has 0 spiro atoms. The van der Waals surface area contributed by atoms with E-state index in [0.717, 1.165) is 0 Å². The molecule has 1 nitrogen and oxygen atoms in total. The first-order valence-corrected chi connectivity index (χ1v) is 7.85. The third-order valence-corrected chi connectivity index (χ3v) is 5.17. The number of hydrogen-bond donors (Lipinski definition) is 0. The van der Waals surface area contributed by atoms with Crippen molar-refractivity contribution in [3.8, 4) is 11.3 Å². The topological polar surface area (TPSA) is 12.9 Å². The van der Waals surface area contributed by atoms with Gasteiger partial charge in [-0.2, -0.15) is 0 Å². The highest BCUT2D eigenvalue weighted by atomic mass is 14.7. The molecule has 1 unspecified atom stereocenters. The highest BCUT2D eigenvalue weighted by Gasteiger charge is 2.37. The lowest BCUT2D eigenvalue weighted by molar-refractivity contribution is 0.333. The largest absolute Gasteiger partial charge is 0.253 e. The summed E-state index contributed by atoms with van der Waals surface area (Å²) >= 11 is 0. The molecule has 0 N–H and O–H groups in total. The van der Waals surface area contributed by atoms with Gasteiger partial charge in [-0.3, -0.25) is 4.98 Å². The van der Waals surface area contributed by atoms with Crippen molar-refractivity contribution in [3.63, 3.8) is 0 Å². The van der Waals surface area contributed by atoms with E-state index in [1.54, 1.807) is 11.1 Å². The van der Waals surface area contributed by atoms with Crippen LogP contribution in [0.3, 0.4) is 0 Å². The molecule has 20 heavy (non-hydrogen) atoms. The Kier molecular flexibility index (Phi) is 2.70. The third-order valence-electron chi connectivity index (χ3n) is 5.17. The van der Waals surface area contributed by atoms with Crippen molar-refractivity contribution in [3.05, 3.63) is 53.2 Å². The van der Waals surface area contributed by atoms with Gasteiger partial charge in [0.25, 0.3) is 0 Å². The number of benzene rings is 1. The van der Waals surface area contributed by atoms with Crippen molar-refractivity contribution in [2.24, 2.45) is 0 Å². The predicted molar refractivity (Wildman–Crippen MR) is 82.9 cm³/mol. The fourth-order valence-corrected chi connectivity index (χ4v) is 4.22. The Morgan fingerprint density at radius 2 is 1.75 bits per heavy atom. The summed E-state index contributed by atoms with van der Waals surface area (Å²) in [4.78, 5) is 5.02. The van der Waals surface area contributed by atoms with Gasteiger partial charge in [0.15, 0.2) is 0 Å². The van der Waals surface area contributed by atoms with E-state index in [0.29, 0.717) is 5.41 Å². The summed E-state index contributed by atoms with van der Waals surface area (Å²) in [6.07, 6.45) is 7.73. The van der Waals surface area contributed by atoms with Crippen LogP contribution in [0.2, 0.25) is 0 Å².